The fourth-order valence-corrected chi connectivity index (χ4v) is 5.80. The molecule has 0 fully saturated rings. The van der Waals surface area contributed by atoms with Gasteiger partial charge >= 0.3 is 0 Å². The lowest BCUT2D eigenvalue weighted by atomic mass is 9.90. The highest BCUT2D eigenvalue weighted by Gasteiger charge is 2.39. The Labute approximate surface area is 175 Å². The summed E-state index contributed by atoms with van der Waals surface area (Å²) in [7, 11) is 0. The minimum Gasteiger partial charge on any atom is -0.353 e. The lowest BCUT2D eigenvalue weighted by molar-refractivity contribution is 0.0880. The summed E-state index contributed by atoms with van der Waals surface area (Å²) in [6.45, 7) is 4.41. The van der Waals surface area contributed by atoms with Crippen LogP contribution in [0.4, 0.5) is 4.39 Å². The van der Waals surface area contributed by atoms with Crippen LogP contribution in [0.25, 0.3) is 43.6 Å². The summed E-state index contributed by atoms with van der Waals surface area (Å²) < 4.78 is 16.4. The van der Waals surface area contributed by atoms with Gasteiger partial charge in [-0.3, -0.25) is 14.9 Å². The number of aromatic amines is 1. The summed E-state index contributed by atoms with van der Waals surface area (Å²) >= 11 is 0. The SMILES string of the molecule is CC1(C)CCc2cccc3c4c5c(c6c7ccc(F)cc7[nH]c6c4n1c23)C(=O)NC5=O. The quantitative estimate of drug-likeness (QED) is 0.347. The number of para-hydroxylation sites is 1. The van der Waals surface area contributed by atoms with Crippen LogP contribution >= 0.6 is 0 Å². The molecule has 4 heterocycles. The van der Waals surface area contributed by atoms with Gasteiger partial charge in [0.15, 0.2) is 0 Å². The molecule has 0 atom stereocenters. The van der Waals surface area contributed by atoms with Crippen molar-refractivity contribution in [2.75, 3.05) is 0 Å². The van der Waals surface area contributed by atoms with E-state index in [1.807, 2.05) is 12.1 Å². The second-order valence-corrected chi connectivity index (χ2v) is 9.28. The molecule has 0 saturated carbocycles. The first-order chi connectivity index (χ1) is 14.9. The molecule has 0 bridgehead atoms. The minimum absolute atomic E-state index is 0.183. The number of carbonyl (C=O) groups excluding carboxylic acids is 2. The van der Waals surface area contributed by atoms with Crippen LogP contribution in [0.1, 0.15) is 46.5 Å². The molecule has 2 aromatic heterocycles. The van der Waals surface area contributed by atoms with Gasteiger partial charge in [-0.05, 0) is 50.5 Å². The number of fused-ring (bicyclic) bond motifs is 10. The smallest absolute Gasteiger partial charge is 0.259 e. The minimum atomic E-state index is -0.400. The van der Waals surface area contributed by atoms with Gasteiger partial charge in [-0.15, -0.1) is 0 Å². The van der Waals surface area contributed by atoms with E-state index in [1.54, 1.807) is 6.07 Å². The number of nitrogens with one attached hydrogen (secondary N) is 2. The summed E-state index contributed by atoms with van der Waals surface area (Å²) in [6.07, 6.45) is 1.91. The maximum atomic E-state index is 14.0. The zero-order chi connectivity index (χ0) is 21.2. The molecular formula is C25H18FN3O2. The number of nitrogens with zero attached hydrogens (tertiary/aromatic N) is 1. The van der Waals surface area contributed by atoms with Crippen LogP contribution in [-0.4, -0.2) is 21.4 Å². The van der Waals surface area contributed by atoms with Gasteiger partial charge in [-0.2, -0.15) is 0 Å². The molecular weight excluding hydrogens is 393 g/mol. The van der Waals surface area contributed by atoms with Crippen LogP contribution < -0.4 is 5.32 Å². The van der Waals surface area contributed by atoms with Gasteiger partial charge in [0, 0.05) is 32.6 Å². The second kappa shape index (κ2) is 5.14. The summed E-state index contributed by atoms with van der Waals surface area (Å²) in [6, 6.07) is 10.7. The maximum Gasteiger partial charge on any atom is 0.259 e. The first-order valence-electron chi connectivity index (χ1n) is 10.5. The predicted octanol–water partition coefficient (Wildman–Crippen LogP) is 5.13. The van der Waals surface area contributed by atoms with E-state index < -0.39 is 5.91 Å². The fraction of sp³-hybridized carbons (Fsp3) is 0.200. The summed E-state index contributed by atoms with van der Waals surface area (Å²) in [5.41, 5.74) is 5.27. The Balaban J connectivity index is 1.89. The number of carbonyl (C=O) groups is 2. The highest BCUT2D eigenvalue weighted by molar-refractivity contribution is 6.39. The van der Waals surface area contributed by atoms with Gasteiger partial charge < -0.3 is 9.55 Å². The Morgan fingerprint density at radius 3 is 2.55 bits per heavy atom. The van der Waals surface area contributed by atoms with E-state index in [4.69, 9.17) is 0 Å². The van der Waals surface area contributed by atoms with Crippen molar-refractivity contribution in [1.29, 1.82) is 0 Å². The number of hydrogen-bond donors (Lipinski definition) is 2. The van der Waals surface area contributed by atoms with Gasteiger partial charge in [-0.1, -0.05) is 18.2 Å². The lowest BCUT2D eigenvalue weighted by Gasteiger charge is -2.34. The standard InChI is InChI=1S/C25H18FN3O2/c1-25(2)9-8-11-4-3-5-14-17-19-18(23(30)28-24(19)31)16-13-7-6-12(26)10-15(13)27-20(16)22(17)29(25)21(11)14/h3-7,10,27H,8-9H2,1-2H3,(H,28,30,31). The van der Waals surface area contributed by atoms with Crippen molar-refractivity contribution < 1.29 is 14.0 Å². The molecule has 0 spiro atoms. The zero-order valence-corrected chi connectivity index (χ0v) is 17.0. The Kier molecular flexibility index (Phi) is 2.83. The highest BCUT2D eigenvalue weighted by Crippen LogP contribution is 2.48. The molecule has 0 unspecified atom stereocenters. The van der Waals surface area contributed by atoms with Gasteiger partial charge in [0.05, 0.1) is 27.7 Å². The molecule has 2 aliphatic rings. The van der Waals surface area contributed by atoms with E-state index in [0.29, 0.717) is 22.0 Å². The van der Waals surface area contributed by atoms with Gasteiger partial charge in [0.2, 0.25) is 0 Å². The molecule has 0 radical (unpaired) electrons. The van der Waals surface area contributed by atoms with Crippen LogP contribution in [-0.2, 0) is 12.0 Å². The van der Waals surface area contributed by atoms with E-state index in [2.05, 4.69) is 34.8 Å². The molecule has 3 aromatic carbocycles. The Bertz CT molecular complexity index is 1690. The largest absolute Gasteiger partial charge is 0.353 e. The Hall–Kier alpha value is -3.67. The normalized spacial score (nSPS) is 17.3. The van der Waals surface area contributed by atoms with Crippen molar-refractivity contribution in [3.8, 4) is 0 Å². The van der Waals surface area contributed by atoms with Crippen LogP contribution in [0.3, 0.4) is 0 Å². The van der Waals surface area contributed by atoms with Gasteiger partial charge in [-0.25, -0.2) is 4.39 Å². The molecule has 31 heavy (non-hydrogen) atoms. The van der Waals surface area contributed by atoms with E-state index in [9.17, 15) is 14.0 Å². The van der Waals surface area contributed by atoms with Crippen LogP contribution in [0.15, 0.2) is 36.4 Å². The molecule has 0 saturated heterocycles. The average Bonchev–Trinajstić information content (AvgIpc) is 3.35. The zero-order valence-electron chi connectivity index (χ0n) is 17.0. The van der Waals surface area contributed by atoms with Gasteiger partial charge in [0.25, 0.3) is 11.8 Å². The Morgan fingerprint density at radius 1 is 0.968 bits per heavy atom. The number of hydrogen-bond acceptors (Lipinski definition) is 2. The third kappa shape index (κ3) is 1.87. The van der Waals surface area contributed by atoms with Crippen LogP contribution in [0.5, 0.6) is 0 Å². The molecule has 2 N–H and O–H groups in total. The van der Waals surface area contributed by atoms with Crippen molar-refractivity contribution in [3.63, 3.8) is 0 Å². The second-order valence-electron chi connectivity index (χ2n) is 9.28. The number of benzene rings is 3. The topological polar surface area (TPSA) is 66.9 Å². The number of amides is 2. The van der Waals surface area contributed by atoms with Crippen molar-refractivity contribution >= 4 is 55.4 Å². The number of H-pyrrole nitrogens is 1. The van der Waals surface area contributed by atoms with Crippen molar-refractivity contribution in [1.82, 2.24) is 14.9 Å². The molecule has 152 valence electrons. The first-order valence-corrected chi connectivity index (χ1v) is 10.5. The number of imide groups is 1. The number of rotatable bonds is 0. The third-order valence-corrected chi connectivity index (χ3v) is 7.11. The lowest BCUT2D eigenvalue weighted by Crippen LogP contribution is -2.30. The van der Waals surface area contributed by atoms with Gasteiger partial charge in [0.1, 0.15) is 5.82 Å². The fourth-order valence-electron chi connectivity index (χ4n) is 5.80. The predicted molar refractivity (Wildman–Crippen MR) is 118 cm³/mol. The van der Waals surface area contributed by atoms with Crippen LogP contribution in [0, 0.1) is 5.82 Å². The molecule has 5 nitrogen and oxygen atoms in total. The molecule has 2 aliphatic heterocycles. The van der Waals surface area contributed by atoms with E-state index in [-0.39, 0.29) is 17.3 Å². The number of aromatic nitrogens is 2. The Morgan fingerprint density at radius 2 is 1.74 bits per heavy atom. The summed E-state index contributed by atoms with van der Waals surface area (Å²) in [5, 5.41) is 5.70. The van der Waals surface area contributed by atoms with Crippen molar-refractivity contribution in [2.24, 2.45) is 0 Å². The van der Waals surface area contributed by atoms with Crippen LogP contribution in [0.2, 0.25) is 0 Å². The van der Waals surface area contributed by atoms with E-state index in [1.165, 1.54) is 17.7 Å². The number of aryl methyl sites for hydroxylation is 1. The molecule has 6 heteroatoms. The molecule has 7 rings (SSSR count). The van der Waals surface area contributed by atoms with Crippen molar-refractivity contribution in [2.45, 2.75) is 32.2 Å². The molecule has 5 aromatic rings. The molecule has 0 aliphatic carbocycles. The average molecular weight is 411 g/mol. The highest BCUT2D eigenvalue weighted by atomic mass is 19.1. The summed E-state index contributed by atoms with van der Waals surface area (Å²) in [5.74, 6) is -1.12. The maximum absolute atomic E-state index is 14.0. The van der Waals surface area contributed by atoms with Crippen molar-refractivity contribution in [3.05, 3.63) is 58.9 Å². The first kappa shape index (κ1) is 17.1. The summed E-state index contributed by atoms with van der Waals surface area (Å²) in [4.78, 5) is 29.4. The van der Waals surface area contributed by atoms with E-state index in [0.717, 1.165) is 45.6 Å². The third-order valence-electron chi connectivity index (χ3n) is 7.11. The van der Waals surface area contributed by atoms with E-state index >= 15 is 0 Å². The molecule has 2 amide bonds. The monoisotopic (exact) mass is 411 g/mol. The number of halogens is 1.